The van der Waals surface area contributed by atoms with Crippen LogP contribution in [0.3, 0.4) is 0 Å². The van der Waals surface area contributed by atoms with Crippen molar-refractivity contribution in [3.8, 4) is 22.5 Å². The van der Waals surface area contributed by atoms with Gasteiger partial charge >= 0.3 is 6.01 Å². The number of aromatic nitrogens is 6. The van der Waals surface area contributed by atoms with Gasteiger partial charge in [0.2, 0.25) is 5.89 Å². The first kappa shape index (κ1) is 34.1. The minimum atomic E-state index is -0.338. The highest BCUT2D eigenvalue weighted by molar-refractivity contribution is 6.31. The first-order chi connectivity index (χ1) is 25.9. The summed E-state index contributed by atoms with van der Waals surface area (Å²) < 4.78 is 7.72. The number of halogens is 2. The van der Waals surface area contributed by atoms with Crippen LogP contribution in [0.25, 0.3) is 33.4 Å². The zero-order valence-electron chi connectivity index (χ0n) is 28.4. The molecule has 3 aromatic carbocycles. The van der Waals surface area contributed by atoms with Crippen LogP contribution in [-0.2, 0) is 0 Å². The predicted molar refractivity (Wildman–Crippen MR) is 205 cm³/mol. The van der Waals surface area contributed by atoms with Gasteiger partial charge in [0, 0.05) is 57.3 Å². The van der Waals surface area contributed by atoms with Gasteiger partial charge in [-0.3, -0.25) is 4.79 Å². The highest BCUT2D eigenvalue weighted by atomic mass is 35.5. The Hall–Kier alpha value is -6.05. The number of carbonyl (C=O) groups is 1. The minimum absolute atomic E-state index is 0.0247. The molecule has 1 amide bonds. The van der Waals surface area contributed by atoms with Gasteiger partial charge in [-0.1, -0.05) is 87.2 Å². The van der Waals surface area contributed by atoms with Crippen LogP contribution in [-0.4, -0.2) is 48.7 Å². The van der Waals surface area contributed by atoms with E-state index in [0.29, 0.717) is 57.3 Å². The molecule has 1 aliphatic heterocycles. The van der Waals surface area contributed by atoms with Crippen LogP contribution in [0.15, 0.2) is 112 Å². The largest absolute Gasteiger partial charge is 0.405 e. The monoisotopic (exact) mass is 745 g/mol. The molecule has 15 heteroatoms. The summed E-state index contributed by atoms with van der Waals surface area (Å²) in [5.41, 5.74) is 5.82. The minimum Gasteiger partial charge on any atom is -0.405 e. The van der Waals surface area contributed by atoms with E-state index in [1.165, 1.54) is 0 Å². The molecule has 4 N–H and O–H groups in total. The maximum Gasteiger partial charge on any atom is 0.363 e. The lowest BCUT2D eigenvalue weighted by molar-refractivity contribution is 0.102. The number of carbonyl (C=O) groups excluding carboxylic acids is 1. The number of benzene rings is 3. The molecule has 8 rings (SSSR count). The number of rotatable bonds is 9. The highest BCUT2D eigenvalue weighted by Crippen LogP contribution is 2.42. The molecule has 53 heavy (non-hydrogen) atoms. The first-order valence-electron chi connectivity index (χ1n) is 17.0. The van der Waals surface area contributed by atoms with E-state index >= 15 is 0 Å². The van der Waals surface area contributed by atoms with Crippen LogP contribution >= 0.6 is 23.2 Å². The SMILES string of the molecule is C[C@@H](c1ccc(Cl)cc1)n1cnc(-c2ccccc2)c1-c1c(C(=O)Nc2cccnc2N2CCC(c3nnc(N=NN)o3)CC2)[nH]c2cc(Cl)ccc12. The normalized spacial score (nSPS) is 14.3. The summed E-state index contributed by atoms with van der Waals surface area (Å²) in [6.07, 6.45) is 5.01. The molecule has 1 fully saturated rings. The molecule has 1 atom stereocenters. The maximum atomic E-state index is 14.6. The summed E-state index contributed by atoms with van der Waals surface area (Å²) in [6, 6.07) is 26.8. The molecular weight excluding hydrogens is 713 g/mol. The molecule has 0 radical (unpaired) electrons. The number of piperidine rings is 1. The van der Waals surface area contributed by atoms with E-state index in [1.54, 1.807) is 12.3 Å². The summed E-state index contributed by atoms with van der Waals surface area (Å²) in [7, 11) is 0. The number of nitrogens with one attached hydrogen (secondary N) is 2. The van der Waals surface area contributed by atoms with E-state index in [4.69, 9.17) is 43.4 Å². The molecule has 0 saturated carbocycles. The van der Waals surface area contributed by atoms with Gasteiger partial charge in [0.1, 0.15) is 5.69 Å². The molecule has 13 nitrogen and oxygen atoms in total. The van der Waals surface area contributed by atoms with E-state index < -0.39 is 0 Å². The smallest absolute Gasteiger partial charge is 0.363 e. The molecule has 1 saturated heterocycles. The molecule has 1 aliphatic rings. The highest BCUT2D eigenvalue weighted by Gasteiger charge is 2.30. The van der Waals surface area contributed by atoms with Gasteiger partial charge in [-0.25, -0.2) is 9.97 Å². The molecule has 0 unspecified atom stereocenters. The average molecular weight is 747 g/mol. The zero-order chi connectivity index (χ0) is 36.5. The molecule has 0 bridgehead atoms. The summed E-state index contributed by atoms with van der Waals surface area (Å²) in [5, 5.41) is 20.0. The summed E-state index contributed by atoms with van der Waals surface area (Å²) >= 11 is 12.8. The van der Waals surface area contributed by atoms with Crippen LogP contribution < -0.4 is 16.1 Å². The maximum absolute atomic E-state index is 14.6. The Morgan fingerprint density at radius 1 is 0.981 bits per heavy atom. The molecule has 0 aliphatic carbocycles. The van der Waals surface area contributed by atoms with Crippen molar-refractivity contribution in [3.63, 3.8) is 0 Å². The van der Waals surface area contributed by atoms with Crippen LogP contribution in [0.4, 0.5) is 17.5 Å². The van der Waals surface area contributed by atoms with Crippen molar-refractivity contribution in [2.45, 2.75) is 31.7 Å². The summed E-state index contributed by atoms with van der Waals surface area (Å²) in [6.45, 7) is 3.40. The Balaban J connectivity index is 1.17. The number of anilines is 2. The summed E-state index contributed by atoms with van der Waals surface area (Å²) in [4.78, 5) is 29.8. The molecule has 0 spiro atoms. The third kappa shape index (κ3) is 6.72. The Morgan fingerprint density at radius 3 is 2.53 bits per heavy atom. The first-order valence-corrected chi connectivity index (χ1v) is 17.8. The van der Waals surface area contributed by atoms with E-state index in [2.05, 4.69) is 47.2 Å². The van der Waals surface area contributed by atoms with E-state index in [1.807, 2.05) is 85.2 Å². The lowest BCUT2D eigenvalue weighted by atomic mass is 9.97. The molecular formula is C38H33Cl2N11O2. The standard InChI is InChI=1S/C38H33Cl2N11O2/c1-22(23-9-11-26(39)12-10-23)51-21-43-32(24-6-3-2-4-7-24)34(51)31-28-14-13-27(40)20-30(28)44-33(31)36(52)45-29-8-5-17-42-35(29)50-18-15-25(16-19-50)37-46-47-38(53-37)48-49-41/h2-14,17,20-22,25,44H,15-16,18-19H2,1H3,(H,45,52)(H2,41,47,48)/t22-/m0/s1. The average Bonchev–Trinajstić information content (AvgIpc) is 3.93. The number of fused-ring (bicyclic) bond motifs is 1. The van der Waals surface area contributed by atoms with E-state index in [-0.39, 0.29) is 23.9 Å². The Kier molecular flexibility index (Phi) is 9.33. The number of pyridine rings is 1. The Labute approximate surface area is 313 Å². The number of amides is 1. The fraction of sp³-hybridized carbons (Fsp3) is 0.184. The van der Waals surface area contributed by atoms with Crippen molar-refractivity contribution in [1.29, 1.82) is 0 Å². The molecule has 266 valence electrons. The predicted octanol–water partition coefficient (Wildman–Crippen LogP) is 8.99. The van der Waals surface area contributed by atoms with Crippen molar-refractivity contribution in [1.82, 2.24) is 29.7 Å². The fourth-order valence-electron chi connectivity index (χ4n) is 6.95. The number of aromatic amines is 1. The van der Waals surface area contributed by atoms with Crippen molar-refractivity contribution in [3.05, 3.63) is 125 Å². The van der Waals surface area contributed by atoms with Crippen LogP contribution in [0.1, 0.15) is 53.7 Å². The second-order valence-electron chi connectivity index (χ2n) is 12.7. The number of hydrogen-bond acceptors (Lipinski definition) is 9. The third-order valence-electron chi connectivity index (χ3n) is 9.59. The van der Waals surface area contributed by atoms with Crippen molar-refractivity contribution < 1.29 is 9.21 Å². The van der Waals surface area contributed by atoms with Crippen LogP contribution in [0.5, 0.6) is 0 Å². The third-order valence-corrected chi connectivity index (χ3v) is 10.1. The molecule has 7 aromatic rings. The second kappa shape index (κ2) is 14.5. The number of nitrogens with zero attached hydrogens (tertiary/aromatic N) is 8. The van der Waals surface area contributed by atoms with E-state index in [0.717, 1.165) is 40.7 Å². The van der Waals surface area contributed by atoms with Gasteiger partial charge in [0.25, 0.3) is 5.91 Å². The molecule has 4 aromatic heterocycles. The van der Waals surface area contributed by atoms with Crippen LogP contribution in [0, 0.1) is 0 Å². The number of H-pyrrole nitrogens is 1. The Bertz CT molecular complexity index is 2430. The summed E-state index contributed by atoms with van der Waals surface area (Å²) in [5.74, 6) is 5.98. The molecule has 5 heterocycles. The van der Waals surface area contributed by atoms with Crippen LogP contribution in [0.2, 0.25) is 10.0 Å². The van der Waals surface area contributed by atoms with Gasteiger partial charge in [0.05, 0.1) is 29.4 Å². The number of nitrogens with two attached hydrogens (primary N) is 1. The van der Waals surface area contributed by atoms with Gasteiger partial charge in [-0.15, -0.1) is 5.10 Å². The topological polar surface area (TPSA) is 168 Å². The van der Waals surface area contributed by atoms with Crippen molar-refractivity contribution in [2.75, 3.05) is 23.3 Å². The number of imidazole rings is 1. The lowest BCUT2D eigenvalue weighted by Crippen LogP contribution is -2.34. The van der Waals surface area contributed by atoms with E-state index in [9.17, 15) is 4.79 Å². The Morgan fingerprint density at radius 2 is 1.75 bits per heavy atom. The van der Waals surface area contributed by atoms with Gasteiger partial charge in [-0.2, -0.15) is 0 Å². The number of hydrogen-bond donors (Lipinski definition) is 3. The zero-order valence-corrected chi connectivity index (χ0v) is 30.0. The van der Waals surface area contributed by atoms with Crippen molar-refractivity contribution in [2.24, 2.45) is 16.2 Å². The quantitative estimate of drug-likeness (QED) is 0.0747. The second-order valence-corrected chi connectivity index (χ2v) is 13.6. The fourth-order valence-corrected chi connectivity index (χ4v) is 7.25. The van der Waals surface area contributed by atoms with Gasteiger partial charge in [-0.05, 0) is 61.7 Å². The van der Waals surface area contributed by atoms with Gasteiger partial charge < -0.3 is 30.0 Å². The lowest BCUT2D eigenvalue weighted by Gasteiger charge is -2.32. The van der Waals surface area contributed by atoms with Crippen molar-refractivity contribution >= 4 is 57.5 Å². The van der Waals surface area contributed by atoms with Gasteiger partial charge in [0.15, 0.2) is 5.82 Å².